The summed E-state index contributed by atoms with van der Waals surface area (Å²) in [4.78, 5) is 14.0. The molecule has 0 saturated carbocycles. The van der Waals surface area contributed by atoms with Gasteiger partial charge in [-0.05, 0) is 27.2 Å². The molecule has 0 aromatic heterocycles. The Labute approximate surface area is 151 Å². The fraction of sp³-hybridized carbons (Fsp3) is 0.938. The lowest BCUT2D eigenvalue weighted by molar-refractivity contribution is -0.123. The number of hydrogen-bond acceptors (Lipinski definition) is 5. The number of piperazine rings is 1. The van der Waals surface area contributed by atoms with Crippen molar-refractivity contribution in [3.05, 3.63) is 0 Å². The van der Waals surface area contributed by atoms with Crippen LogP contribution in [0.5, 0.6) is 0 Å². The van der Waals surface area contributed by atoms with Crippen molar-refractivity contribution in [2.45, 2.75) is 52.4 Å². The highest BCUT2D eigenvalue weighted by Crippen LogP contribution is 2.18. The molecule has 2 heterocycles. The van der Waals surface area contributed by atoms with Gasteiger partial charge in [0.2, 0.25) is 5.91 Å². The van der Waals surface area contributed by atoms with Crippen molar-refractivity contribution in [3.8, 4) is 0 Å². The van der Waals surface area contributed by atoms with Crippen molar-refractivity contribution in [2.24, 2.45) is 0 Å². The van der Waals surface area contributed by atoms with Crippen LogP contribution < -0.4 is 5.32 Å². The van der Waals surface area contributed by atoms with Crippen LogP contribution in [-0.4, -0.2) is 91.9 Å². The second-order valence-corrected chi connectivity index (χ2v) is 9.06. The lowest BCUT2D eigenvalue weighted by Crippen LogP contribution is -2.57. The van der Waals surface area contributed by atoms with Crippen LogP contribution in [0.15, 0.2) is 0 Å². The molecule has 0 aromatic rings. The molecule has 2 fully saturated rings. The number of morpholine rings is 1. The molecule has 25 heavy (non-hydrogen) atoms. The smallest absolute Gasteiger partial charge is 0.282 e. The molecule has 2 aliphatic rings. The van der Waals surface area contributed by atoms with Gasteiger partial charge in [0, 0.05) is 45.3 Å². The molecule has 2 rings (SSSR count). The Hall–Kier alpha value is -0.740. The summed E-state index contributed by atoms with van der Waals surface area (Å²) in [6, 6.07) is 0.166. The average Bonchev–Trinajstić information content (AvgIpc) is 2.54. The van der Waals surface area contributed by atoms with Crippen molar-refractivity contribution >= 4 is 16.1 Å². The van der Waals surface area contributed by atoms with Gasteiger partial charge in [-0.15, -0.1) is 0 Å². The van der Waals surface area contributed by atoms with E-state index in [9.17, 15) is 13.2 Å². The van der Waals surface area contributed by atoms with Gasteiger partial charge in [-0.1, -0.05) is 6.92 Å². The molecule has 0 spiro atoms. The van der Waals surface area contributed by atoms with Crippen LogP contribution in [-0.2, 0) is 19.7 Å². The van der Waals surface area contributed by atoms with E-state index in [1.165, 1.54) is 8.61 Å². The van der Waals surface area contributed by atoms with E-state index in [0.717, 1.165) is 6.42 Å². The molecule has 9 heteroatoms. The molecule has 0 radical (unpaired) electrons. The molecular weight excluding hydrogens is 344 g/mol. The second-order valence-electron chi connectivity index (χ2n) is 7.13. The molecule has 3 unspecified atom stereocenters. The Morgan fingerprint density at radius 3 is 2.20 bits per heavy atom. The zero-order chi connectivity index (χ0) is 18.6. The van der Waals surface area contributed by atoms with Crippen LogP contribution in [0.4, 0.5) is 0 Å². The summed E-state index contributed by atoms with van der Waals surface area (Å²) in [5, 5.41) is 2.95. The molecule has 1 amide bonds. The summed E-state index contributed by atoms with van der Waals surface area (Å²) in [7, 11) is -3.47. The molecule has 0 aliphatic carbocycles. The average molecular weight is 377 g/mol. The Balaban J connectivity index is 1.85. The van der Waals surface area contributed by atoms with E-state index >= 15 is 0 Å². The first-order valence-electron chi connectivity index (χ1n) is 9.14. The maximum atomic E-state index is 12.8. The Morgan fingerprint density at radius 1 is 1.12 bits per heavy atom. The Kier molecular flexibility index (Phi) is 7.21. The van der Waals surface area contributed by atoms with E-state index < -0.39 is 10.2 Å². The van der Waals surface area contributed by atoms with Crippen LogP contribution in [0, 0.1) is 0 Å². The number of rotatable bonds is 6. The summed E-state index contributed by atoms with van der Waals surface area (Å²) in [6.07, 6.45) is 0.710. The summed E-state index contributed by atoms with van der Waals surface area (Å²) >= 11 is 0. The van der Waals surface area contributed by atoms with Gasteiger partial charge in [-0.25, -0.2) is 0 Å². The standard InChI is InChI=1S/C16H32N4O4S/c1-5-13(2)17-16(21)12-18-6-8-19(9-7-18)25(22,23)20-10-14(3)24-15(4)11-20/h13-15H,5-12H2,1-4H3,(H,17,21). The minimum atomic E-state index is -3.47. The van der Waals surface area contributed by atoms with Gasteiger partial charge in [0.1, 0.15) is 0 Å². The first-order valence-corrected chi connectivity index (χ1v) is 10.5. The lowest BCUT2D eigenvalue weighted by Gasteiger charge is -2.40. The van der Waals surface area contributed by atoms with E-state index in [4.69, 9.17) is 4.74 Å². The molecular formula is C16H32N4O4S. The monoisotopic (exact) mass is 376 g/mol. The number of nitrogens with one attached hydrogen (secondary N) is 1. The van der Waals surface area contributed by atoms with E-state index in [0.29, 0.717) is 45.8 Å². The molecule has 2 saturated heterocycles. The number of nitrogens with zero attached hydrogens (tertiary/aromatic N) is 3. The van der Waals surface area contributed by atoms with Crippen LogP contribution in [0.3, 0.4) is 0 Å². The van der Waals surface area contributed by atoms with Gasteiger partial charge >= 0.3 is 0 Å². The maximum absolute atomic E-state index is 12.8. The molecule has 8 nitrogen and oxygen atoms in total. The number of hydrogen-bond donors (Lipinski definition) is 1. The van der Waals surface area contributed by atoms with Gasteiger partial charge < -0.3 is 10.1 Å². The molecule has 1 N–H and O–H groups in total. The van der Waals surface area contributed by atoms with E-state index in [2.05, 4.69) is 5.32 Å². The first-order chi connectivity index (χ1) is 11.7. The van der Waals surface area contributed by atoms with Crippen molar-refractivity contribution in [1.29, 1.82) is 0 Å². The topological polar surface area (TPSA) is 82.2 Å². The number of carbonyl (C=O) groups excluding carboxylic acids is 1. The van der Waals surface area contributed by atoms with Gasteiger partial charge in [-0.3, -0.25) is 9.69 Å². The Morgan fingerprint density at radius 2 is 1.68 bits per heavy atom. The summed E-state index contributed by atoms with van der Waals surface area (Å²) in [5.74, 6) is 0.00138. The molecule has 0 aromatic carbocycles. The minimum absolute atomic E-state index is 0.00138. The summed E-state index contributed by atoms with van der Waals surface area (Å²) in [5.41, 5.74) is 0. The van der Waals surface area contributed by atoms with Gasteiger partial charge in [0.25, 0.3) is 10.2 Å². The fourth-order valence-corrected chi connectivity index (χ4v) is 4.97. The number of ether oxygens (including phenoxy) is 1. The van der Waals surface area contributed by atoms with Crippen molar-refractivity contribution < 1.29 is 17.9 Å². The minimum Gasteiger partial charge on any atom is -0.373 e. The van der Waals surface area contributed by atoms with Crippen LogP contribution in [0.2, 0.25) is 0 Å². The first kappa shape index (κ1) is 20.6. The van der Waals surface area contributed by atoms with Crippen LogP contribution in [0.1, 0.15) is 34.1 Å². The predicted molar refractivity (Wildman–Crippen MR) is 96.4 cm³/mol. The summed E-state index contributed by atoms with van der Waals surface area (Å²) in [6.45, 7) is 10.9. The van der Waals surface area contributed by atoms with Gasteiger partial charge in [-0.2, -0.15) is 17.0 Å². The number of amides is 1. The lowest BCUT2D eigenvalue weighted by atomic mass is 10.2. The third kappa shape index (κ3) is 5.62. The second kappa shape index (κ2) is 8.77. The molecule has 0 bridgehead atoms. The van der Waals surface area contributed by atoms with E-state index in [1.807, 2.05) is 32.6 Å². The largest absolute Gasteiger partial charge is 0.373 e. The highest BCUT2D eigenvalue weighted by atomic mass is 32.2. The predicted octanol–water partition coefficient (Wildman–Crippen LogP) is -0.127. The fourth-order valence-electron chi connectivity index (χ4n) is 3.23. The zero-order valence-corrected chi connectivity index (χ0v) is 16.6. The summed E-state index contributed by atoms with van der Waals surface area (Å²) < 4.78 is 34.4. The SMILES string of the molecule is CCC(C)NC(=O)CN1CCN(S(=O)(=O)N2CC(C)OC(C)C2)CC1. The quantitative estimate of drug-likeness (QED) is 0.698. The van der Waals surface area contributed by atoms with Crippen molar-refractivity contribution in [1.82, 2.24) is 18.8 Å². The van der Waals surface area contributed by atoms with Crippen LogP contribution >= 0.6 is 0 Å². The Bertz CT molecular complexity index is 538. The molecule has 146 valence electrons. The third-order valence-corrected chi connectivity index (χ3v) is 6.73. The maximum Gasteiger partial charge on any atom is 0.282 e. The molecule has 2 aliphatic heterocycles. The van der Waals surface area contributed by atoms with Crippen LogP contribution in [0.25, 0.3) is 0 Å². The van der Waals surface area contributed by atoms with Crippen molar-refractivity contribution in [3.63, 3.8) is 0 Å². The van der Waals surface area contributed by atoms with Crippen molar-refractivity contribution in [2.75, 3.05) is 45.8 Å². The van der Waals surface area contributed by atoms with E-state index in [1.54, 1.807) is 0 Å². The van der Waals surface area contributed by atoms with Gasteiger partial charge in [0.05, 0.1) is 18.8 Å². The zero-order valence-electron chi connectivity index (χ0n) is 15.8. The van der Waals surface area contributed by atoms with Gasteiger partial charge in [0.15, 0.2) is 0 Å². The van der Waals surface area contributed by atoms with E-state index in [-0.39, 0.29) is 24.2 Å². The number of carbonyl (C=O) groups is 1. The highest BCUT2D eigenvalue weighted by molar-refractivity contribution is 7.86. The highest BCUT2D eigenvalue weighted by Gasteiger charge is 2.36. The molecule has 3 atom stereocenters. The normalized spacial score (nSPS) is 28.6. The third-order valence-electron chi connectivity index (χ3n) is 4.76.